The Morgan fingerprint density at radius 2 is 1.79 bits per heavy atom. The van der Waals surface area contributed by atoms with Crippen LogP contribution in [0.5, 0.6) is 0 Å². The van der Waals surface area contributed by atoms with Crippen LogP contribution in [0.1, 0.15) is 83.9 Å². The van der Waals surface area contributed by atoms with Gasteiger partial charge >= 0.3 is 6.18 Å². The number of hydrogen-bond acceptors (Lipinski definition) is 7. The topological polar surface area (TPSA) is 136 Å². The zero-order valence-corrected chi connectivity index (χ0v) is 31.4. The zero-order chi connectivity index (χ0) is 41.9. The van der Waals surface area contributed by atoms with Crippen molar-refractivity contribution in [1.82, 2.24) is 34.8 Å². The molecule has 0 unspecified atom stereocenters. The summed E-state index contributed by atoms with van der Waals surface area (Å²) in [5.41, 5.74) is -3.58. The molecule has 0 saturated carbocycles. The van der Waals surface area contributed by atoms with Crippen LogP contribution in [0.15, 0.2) is 55.0 Å². The fourth-order valence-electron chi connectivity index (χ4n) is 7.12. The molecule has 7 rings (SSSR count). The van der Waals surface area contributed by atoms with Crippen molar-refractivity contribution in [1.29, 1.82) is 0 Å². The van der Waals surface area contributed by atoms with E-state index in [1.54, 1.807) is 22.9 Å². The lowest BCUT2D eigenvalue weighted by molar-refractivity contribution is -0.143. The molecule has 3 N–H and O–H groups in total. The third-order valence-corrected chi connectivity index (χ3v) is 10.1. The molecule has 58 heavy (non-hydrogen) atoms. The minimum absolute atomic E-state index is 0.00744. The minimum Gasteiger partial charge on any atom is -0.378 e. The number of rotatable bonds is 9. The molecule has 1 aliphatic carbocycles. The Morgan fingerprint density at radius 1 is 1.09 bits per heavy atom. The molecule has 1 fully saturated rings. The lowest BCUT2D eigenvalue weighted by Gasteiger charge is -2.27. The van der Waals surface area contributed by atoms with Gasteiger partial charge in [0, 0.05) is 47.3 Å². The van der Waals surface area contributed by atoms with Gasteiger partial charge in [-0.1, -0.05) is 19.8 Å². The van der Waals surface area contributed by atoms with E-state index in [2.05, 4.69) is 37.5 Å². The lowest BCUT2D eigenvalue weighted by atomic mass is 9.94. The molecule has 5 aromatic rings. The molecule has 0 bridgehead atoms. The number of imidazole rings is 1. The van der Waals surface area contributed by atoms with E-state index in [-0.39, 0.29) is 40.5 Å². The number of hydrogen-bond donors (Lipinski definition) is 3. The maximum atomic E-state index is 15.6. The highest BCUT2D eigenvalue weighted by Crippen LogP contribution is 2.55. The Balaban J connectivity index is 1.36. The van der Waals surface area contributed by atoms with Crippen molar-refractivity contribution >= 4 is 17.5 Å². The number of pyridine rings is 2. The predicted molar refractivity (Wildman–Crippen MR) is 193 cm³/mol. The van der Waals surface area contributed by atoms with Crippen molar-refractivity contribution in [2.24, 2.45) is 5.92 Å². The van der Waals surface area contributed by atoms with E-state index in [0.29, 0.717) is 35.2 Å². The summed E-state index contributed by atoms with van der Waals surface area (Å²) in [5, 5.41) is 19.3. The number of aliphatic hydroxyl groups is 1. The quantitative estimate of drug-likeness (QED) is 0.121. The van der Waals surface area contributed by atoms with Crippen molar-refractivity contribution in [3.8, 4) is 23.0 Å². The number of alkyl halides is 5. The first-order valence-electron chi connectivity index (χ1n) is 18.1. The van der Waals surface area contributed by atoms with Gasteiger partial charge in [0.05, 0.1) is 36.6 Å². The van der Waals surface area contributed by atoms with E-state index in [0.717, 1.165) is 19.1 Å². The average Bonchev–Trinajstić information content (AvgIpc) is 3.79. The van der Waals surface area contributed by atoms with Crippen molar-refractivity contribution in [3.05, 3.63) is 106 Å². The van der Waals surface area contributed by atoms with E-state index in [4.69, 9.17) is 4.74 Å². The number of nitrogens with zero attached hydrogens (tertiary/aromatic N) is 5. The fraction of sp³-hybridized carbons (Fsp3) is 0.375. The van der Waals surface area contributed by atoms with Crippen molar-refractivity contribution < 1.29 is 50.2 Å². The van der Waals surface area contributed by atoms with Gasteiger partial charge in [-0.05, 0) is 68.0 Å². The predicted octanol–water partition coefficient (Wildman–Crippen LogP) is 6.09. The van der Waals surface area contributed by atoms with Gasteiger partial charge in [-0.15, -0.1) is 0 Å². The molecule has 5 heterocycles. The Labute approximate surface area is 326 Å². The van der Waals surface area contributed by atoms with Crippen molar-refractivity contribution in [3.63, 3.8) is 0 Å². The second-order valence-corrected chi connectivity index (χ2v) is 15.0. The summed E-state index contributed by atoms with van der Waals surface area (Å²) >= 11 is 0. The highest BCUT2D eigenvalue weighted by molar-refractivity contribution is 6.01. The van der Waals surface area contributed by atoms with Gasteiger partial charge in [0.25, 0.3) is 11.8 Å². The van der Waals surface area contributed by atoms with Gasteiger partial charge < -0.3 is 24.9 Å². The molecular weight excluding hydrogens is 775 g/mol. The maximum absolute atomic E-state index is 15.6. The monoisotopic (exact) mass is 811 g/mol. The number of aromatic nitrogens is 5. The molecule has 18 heteroatoms. The van der Waals surface area contributed by atoms with E-state index >= 15 is 8.78 Å². The largest absolute Gasteiger partial charge is 0.435 e. The van der Waals surface area contributed by atoms with Gasteiger partial charge in [0.15, 0.2) is 5.69 Å². The Kier molecular flexibility index (Phi) is 10.3. The number of fused-ring (bicyclic) bond motifs is 2. The summed E-state index contributed by atoms with van der Waals surface area (Å²) in [6, 6.07) is 5.62. The number of nitrogens with one attached hydrogen (secondary N) is 2. The van der Waals surface area contributed by atoms with E-state index in [1.807, 2.05) is 0 Å². The van der Waals surface area contributed by atoms with Gasteiger partial charge in [0.2, 0.25) is 5.91 Å². The molecular formula is C40H36F7N7O4. The fourth-order valence-corrected chi connectivity index (χ4v) is 7.12. The number of amides is 2. The Hall–Kier alpha value is -5.80. The molecule has 1 aromatic carbocycles. The number of carbonyl (C=O) groups is 2. The molecule has 2 amide bonds. The average molecular weight is 812 g/mol. The second kappa shape index (κ2) is 14.9. The molecule has 4 aromatic heterocycles. The van der Waals surface area contributed by atoms with Crippen molar-refractivity contribution in [2.45, 2.75) is 76.4 Å². The van der Waals surface area contributed by atoms with E-state index in [9.17, 15) is 36.6 Å². The van der Waals surface area contributed by atoms with Crippen LogP contribution in [0.4, 0.5) is 30.7 Å². The zero-order valence-electron chi connectivity index (χ0n) is 31.4. The Morgan fingerprint density at radius 3 is 2.43 bits per heavy atom. The molecule has 2 aliphatic rings. The van der Waals surface area contributed by atoms with Crippen LogP contribution in [0, 0.1) is 29.4 Å². The van der Waals surface area contributed by atoms with Crippen LogP contribution in [0.3, 0.4) is 0 Å². The van der Waals surface area contributed by atoms with E-state index in [1.165, 1.54) is 39.1 Å². The number of halogens is 7. The summed E-state index contributed by atoms with van der Waals surface area (Å²) in [4.78, 5) is 36.5. The molecule has 1 aliphatic heterocycles. The molecule has 0 spiro atoms. The highest BCUT2D eigenvalue weighted by atomic mass is 19.4. The van der Waals surface area contributed by atoms with Crippen LogP contribution in [-0.2, 0) is 34.6 Å². The normalized spacial score (nSPS) is 18.3. The van der Waals surface area contributed by atoms with Gasteiger partial charge in [-0.2, -0.15) is 27.1 Å². The molecule has 304 valence electrons. The number of benzene rings is 1. The molecule has 3 atom stereocenters. The Bertz CT molecular complexity index is 2470. The summed E-state index contributed by atoms with van der Waals surface area (Å²) < 4.78 is 110. The molecule has 11 nitrogen and oxygen atoms in total. The highest BCUT2D eigenvalue weighted by Gasteiger charge is 2.57. The number of ether oxygens (including phenoxy) is 1. The third kappa shape index (κ3) is 8.01. The summed E-state index contributed by atoms with van der Waals surface area (Å²) in [6.07, 6.45) is -0.807. The van der Waals surface area contributed by atoms with Crippen molar-refractivity contribution in [2.75, 3.05) is 13.2 Å². The SMILES string of the molecule is C[C@@H]1c2c(C(F)(F)F)nn(CC(=O)N[C@@H](Cc3cc(F)cc(F)c3)c3nc(C#CC(C)(C)O)ccc3-c3cc(C(=O)NC4COC4)c4nccn4c3)c2C(F)(F)[C@@H]1C. The van der Waals surface area contributed by atoms with Crippen LogP contribution < -0.4 is 10.6 Å². The summed E-state index contributed by atoms with van der Waals surface area (Å²) in [5.74, 6) is -4.62. The van der Waals surface area contributed by atoms with Crippen LogP contribution in [0.25, 0.3) is 16.8 Å². The van der Waals surface area contributed by atoms with E-state index < -0.39 is 82.5 Å². The van der Waals surface area contributed by atoms with Crippen LogP contribution >= 0.6 is 0 Å². The van der Waals surface area contributed by atoms with Gasteiger partial charge in [-0.3, -0.25) is 14.3 Å². The first-order valence-corrected chi connectivity index (χ1v) is 18.1. The summed E-state index contributed by atoms with van der Waals surface area (Å²) in [7, 11) is 0. The lowest BCUT2D eigenvalue weighted by Crippen LogP contribution is -2.48. The first-order chi connectivity index (χ1) is 27.2. The van der Waals surface area contributed by atoms with Crippen LogP contribution in [0.2, 0.25) is 0 Å². The smallest absolute Gasteiger partial charge is 0.378 e. The first kappa shape index (κ1) is 40.4. The third-order valence-electron chi connectivity index (χ3n) is 10.1. The second-order valence-electron chi connectivity index (χ2n) is 15.0. The maximum Gasteiger partial charge on any atom is 0.435 e. The summed E-state index contributed by atoms with van der Waals surface area (Å²) in [6.45, 7) is 4.75. The minimum atomic E-state index is -5.11. The molecule has 0 radical (unpaired) electrons. The standard InChI is InChI=1S/C40H36F7N7O4/c1-20-21(2)39(43,44)35-32(20)34(40(45,46)47)52-54(35)17-31(55)51-30(13-22-11-24(41)15-25(42)12-22)33-28(6-5-26(49-33)7-8-38(3,4)57)23-14-29(36-48-9-10-53(36)16-23)37(56)50-27-18-58-19-27/h5-6,9-12,14-16,20-21,27,30,57H,13,17-19H2,1-4H3,(H,50,56)(H,51,55)/t20-,21+,30-/m0/s1. The van der Waals surface area contributed by atoms with Crippen LogP contribution in [-0.4, -0.2) is 65.9 Å². The van der Waals surface area contributed by atoms with Gasteiger partial charge in [-0.25, -0.2) is 18.7 Å². The number of carbonyl (C=O) groups excluding carboxylic acids is 2. The molecule has 1 saturated heterocycles. The van der Waals surface area contributed by atoms with Gasteiger partial charge in [0.1, 0.15) is 40.8 Å².